The maximum atomic E-state index is 5.89. The fraction of sp³-hybridized carbons (Fsp3) is 0.944. The van der Waals surface area contributed by atoms with Crippen molar-refractivity contribution in [2.45, 2.75) is 51.6 Å². The lowest BCUT2D eigenvalue weighted by molar-refractivity contribution is -0.0318. The van der Waals surface area contributed by atoms with Crippen molar-refractivity contribution in [2.24, 2.45) is 4.99 Å². The van der Waals surface area contributed by atoms with Gasteiger partial charge in [-0.25, -0.2) is 0 Å². The number of hydrogen-bond acceptors (Lipinski definition) is 4. The molecule has 6 nitrogen and oxygen atoms in total. The number of nitrogens with zero attached hydrogens (tertiary/aromatic N) is 2. The zero-order valence-corrected chi connectivity index (χ0v) is 18.1. The first-order chi connectivity index (χ1) is 11.9. The number of likely N-dealkylation sites (tertiary alicyclic amines) is 1. The van der Waals surface area contributed by atoms with Crippen LogP contribution in [0.1, 0.15) is 45.4 Å². The van der Waals surface area contributed by atoms with Crippen LogP contribution in [0, 0.1) is 0 Å². The summed E-state index contributed by atoms with van der Waals surface area (Å²) < 4.78 is 11.2. The number of guanidine groups is 1. The van der Waals surface area contributed by atoms with Crippen molar-refractivity contribution < 1.29 is 9.47 Å². The molecule has 0 amide bonds. The summed E-state index contributed by atoms with van der Waals surface area (Å²) >= 11 is 0. The predicted octanol–water partition coefficient (Wildman–Crippen LogP) is 2.23. The summed E-state index contributed by atoms with van der Waals surface area (Å²) in [6.45, 7) is 10.9. The molecular formula is C18H37IN4O2. The van der Waals surface area contributed by atoms with E-state index in [1.165, 1.54) is 32.4 Å². The lowest BCUT2D eigenvalue weighted by atomic mass is 10.1. The van der Waals surface area contributed by atoms with Crippen LogP contribution in [0.2, 0.25) is 0 Å². The summed E-state index contributed by atoms with van der Waals surface area (Å²) in [4.78, 5) is 7.19. The van der Waals surface area contributed by atoms with Gasteiger partial charge in [0.05, 0.1) is 6.10 Å². The van der Waals surface area contributed by atoms with Crippen molar-refractivity contribution in [3.8, 4) is 0 Å². The third kappa shape index (κ3) is 10.6. The van der Waals surface area contributed by atoms with E-state index in [1.54, 1.807) is 0 Å². The molecule has 0 atom stereocenters. The van der Waals surface area contributed by atoms with E-state index in [-0.39, 0.29) is 24.0 Å². The summed E-state index contributed by atoms with van der Waals surface area (Å²) in [5, 5.41) is 6.77. The molecule has 0 bridgehead atoms. The molecule has 25 heavy (non-hydrogen) atoms. The number of piperidine rings is 1. The number of hydrogen-bond donors (Lipinski definition) is 2. The van der Waals surface area contributed by atoms with Crippen molar-refractivity contribution in [2.75, 3.05) is 59.1 Å². The Kier molecular flexibility index (Phi) is 13.7. The molecule has 0 unspecified atom stereocenters. The highest BCUT2D eigenvalue weighted by Crippen LogP contribution is 2.10. The topological polar surface area (TPSA) is 58.1 Å². The largest absolute Gasteiger partial charge is 0.381 e. The van der Waals surface area contributed by atoms with Gasteiger partial charge < -0.3 is 25.0 Å². The first-order valence-electron chi connectivity index (χ1n) is 9.82. The summed E-state index contributed by atoms with van der Waals surface area (Å²) in [6, 6.07) is 0. The molecule has 0 saturated carbocycles. The molecule has 2 rings (SSSR count). The fourth-order valence-electron chi connectivity index (χ4n) is 3.21. The van der Waals surface area contributed by atoms with Crippen molar-refractivity contribution in [3.05, 3.63) is 0 Å². The molecule has 7 heteroatoms. The van der Waals surface area contributed by atoms with Crippen LogP contribution in [0.4, 0.5) is 0 Å². The quantitative estimate of drug-likeness (QED) is 0.235. The molecular weight excluding hydrogens is 431 g/mol. The van der Waals surface area contributed by atoms with E-state index in [9.17, 15) is 0 Å². The second kappa shape index (κ2) is 15.0. The Morgan fingerprint density at radius 1 is 1.16 bits per heavy atom. The third-order valence-corrected chi connectivity index (χ3v) is 4.61. The van der Waals surface area contributed by atoms with Crippen LogP contribution in [-0.2, 0) is 9.47 Å². The Bertz CT molecular complexity index is 346. The molecule has 0 spiro atoms. The normalized spacial score (nSPS) is 20.1. The number of ether oxygens (including phenoxy) is 2. The van der Waals surface area contributed by atoms with Crippen LogP contribution in [-0.4, -0.2) is 76.1 Å². The number of rotatable bonds is 9. The fourth-order valence-corrected chi connectivity index (χ4v) is 3.21. The van der Waals surface area contributed by atoms with Crippen LogP contribution in [0.5, 0.6) is 0 Å². The molecule has 0 radical (unpaired) electrons. The molecule has 0 aromatic heterocycles. The number of halogens is 1. The summed E-state index contributed by atoms with van der Waals surface area (Å²) in [6.07, 6.45) is 7.51. The van der Waals surface area contributed by atoms with Gasteiger partial charge in [0.1, 0.15) is 0 Å². The van der Waals surface area contributed by atoms with Gasteiger partial charge in [0.2, 0.25) is 0 Å². The highest BCUT2D eigenvalue weighted by atomic mass is 127. The van der Waals surface area contributed by atoms with Gasteiger partial charge in [-0.3, -0.25) is 4.99 Å². The third-order valence-electron chi connectivity index (χ3n) is 4.61. The van der Waals surface area contributed by atoms with E-state index < -0.39 is 0 Å². The molecule has 2 aliphatic rings. The number of aliphatic imine (C=N–C) groups is 1. The lowest BCUT2D eigenvalue weighted by Crippen LogP contribution is -2.42. The molecule has 0 aromatic carbocycles. The predicted molar refractivity (Wildman–Crippen MR) is 114 cm³/mol. The number of nitrogens with one attached hydrogen (secondary N) is 2. The van der Waals surface area contributed by atoms with Gasteiger partial charge >= 0.3 is 0 Å². The minimum Gasteiger partial charge on any atom is -0.381 e. The van der Waals surface area contributed by atoms with Crippen LogP contribution in [0.15, 0.2) is 4.99 Å². The zero-order valence-electron chi connectivity index (χ0n) is 15.8. The standard InChI is InChI=1S/C18H36N4O2.HI/c1-2-19-18(21-10-13-22-11-4-3-5-12-22)20-9-6-14-24-17-7-15-23-16-8-17;/h17H,2-16H2,1H3,(H2,19,20,21);1H. The van der Waals surface area contributed by atoms with Crippen molar-refractivity contribution in [1.29, 1.82) is 0 Å². The Morgan fingerprint density at radius 2 is 1.92 bits per heavy atom. The monoisotopic (exact) mass is 468 g/mol. The molecule has 2 saturated heterocycles. The van der Waals surface area contributed by atoms with Gasteiger partial charge in [-0.15, -0.1) is 24.0 Å². The van der Waals surface area contributed by atoms with Crippen LogP contribution in [0.3, 0.4) is 0 Å². The van der Waals surface area contributed by atoms with Crippen molar-refractivity contribution in [1.82, 2.24) is 15.5 Å². The Balaban J connectivity index is 0.00000312. The van der Waals surface area contributed by atoms with E-state index in [1.807, 2.05) is 0 Å². The minimum atomic E-state index is 0. The summed E-state index contributed by atoms with van der Waals surface area (Å²) in [5.74, 6) is 0.931. The molecule has 0 aliphatic carbocycles. The van der Waals surface area contributed by atoms with E-state index in [0.29, 0.717) is 6.10 Å². The Morgan fingerprint density at radius 3 is 2.64 bits per heavy atom. The van der Waals surface area contributed by atoms with Crippen molar-refractivity contribution >= 4 is 29.9 Å². The van der Waals surface area contributed by atoms with Gasteiger partial charge in [-0.05, 0) is 52.1 Å². The van der Waals surface area contributed by atoms with E-state index in [2.05, 4.69) is 27.4 Å². The van der Waals surface area contributed by atoms with Crippen LogP contribution < -0.4 is 10.6 Å². The van der Waals surface area contributed by atoms with Gasteiger partial charge in [-0.2, -0.15) is 0 Å². The summed E-state index contributed by atoms with van der Waals surface area (Å²) in [5.41, 5.74) is 0. The molecule has 148 valence electrons. The maximum absolute atomic E-state index is 5.89. The first kappa shape index (κ1) is 22.9. The smallest absolute Gasteiger partial charge is 0.191 e. The minimum absolute atomic E-state index is 0. The highest BCUT2D eigenvalue weighted by Gasteiger charge is 2.13. The second-order valence-corrected chi connectivity index (χ2v) is 6.63. The van der Waals surface area contributed by atoms with E-state index in [0.717, 1.165) is 71.2 Å². The first-order valence-corrected chi connectivity index (χ1v) is 9.82. The van der Waals surface area contributed by atoms with Crippen molar-refractivity contribution in [3.63, 3.8) is 0 Å². The molecule has 2 N–H and O–H groups in total. The Hall–Kier alpha value is -0.120. The SMILES string of the molecule is CCNC(=NCCCOC1CCOCC1)NCCN1CCCCC1.I. The molecule has 2 fully saturated rings. The van der Waals surface area contributed by atoms with E-state index in [4.69, 9.17) is 9.47 Å². The molecule has 0 aromatic rings. The highest BCUT2D eigenvalue weighted by molar-refractivity contribution is 14.0. The maximum Gasteiger partial charge on any atom is 0.191 e. The van der Waals surface area contributed by atoms with Crippen LogP contribution >= 0.6 is 24.0 Å². The van der Waals surface area contributed by atoms with Gasteiger partial charge in [-0.1, -0.05) is 6.42 Å². The second-order valence-electron chi connectivity index (χ2n) is 6.63. The lowest BCUT2D eigenvalue weighted by Gasteiger charge is -2.26. The molecule has 2 aliphatic heterocycles. The van der Waals surface area contributed by atoms with E-state index >= 15 is 0 Å². The average Bonchev–Trinajstić information content (AvgIpc) is 2.63. The Labute approximate surface area is 170 Å². The zero-order chi connectivity index (χ0) is 16.9. The summed E-state index contributed by atoms with van der Waals surface area (Å²) in [7, 11) is 0. The van der Waals surface area contributed by atoms with Crippen LogP contribution in [0.25, 0.3) is 0 Å². The molecule has 2 heterocycles. The van der Waals surface area contributed by atoms with Gasteiger partial charge in [0.15, 0.2) is 5.96 Å². The van der Waals surface area contributed by atoms with Gasteiger partial charge in [0, 0.05) is 46.0 Å². The average molecular weight is 468 g/mol. The van der Waals surface area contributed by atoms with Gasteiger partial charge in [0.25, 0.3) is 0 Å².